The van der Waals surface area contributed by atoms with Crippen LogP contribution in [0.2, 0.25) is 0 Å². The van der Waals surface area contributed by atoms with Crippen LogP contribution < -0.4 is 10.1 Å². The zero-order valence-corrected chi connectivity index (χ0v) is 14.4. The third-order valence-electron chi connectivity index (χ3n) is 4.49. The average molecular weight is 334 g/mol. The van der Waals surface area contributed by atoms with Gasteiger partial charge in [-0.05, 0) is 45.1 Å². The van der Waals surface area contributed by atoms with Gasteiger partial charge >= 0.3 is 0 Å². The third-order valence-corrected chi connectivity index (χ3v) is 4.49. The van der Waals surface area contributed by atoms with Gasteiger partial charge in [0.05, 0.1) is 25.4 Å². The molecular weight excluding hydrogens is 308 g/mol. The molecule has 1 unspecified atom stereocenters. The average Bonchev–Trinajstić information content (AvgIpc) is 3.24. The molecule has 1 aromatic heterocycles. The second-order valence-electron chi connectivity index (χ2n) is 7.40. The van der Waals surface area contributed by atoms with Crippen molar-refractivity contribution < 1.29 is 19.4 Å². The predicted molar refractivity (Wildman–Crippen MR) is 89.3 cm³/mol. The van der Waals surface area contributed by atoms with Gasteiger partial charge in [0.1, 0.15) is 5.69 Å². The SMILES string of the molecule is CC(C)(CO)NC(=O)c1ccc(C2CCOC2)c(OCC2CC2)n1. The van der Waals surface area contributed by atoms with Crippen LogP contribution in [0.15, 0.2) is 12.1 Å². The lowest BCUT2D eigenvalue weighted by Gasteiger charge is -2.23. The second-order valence-corrected chi connectivity index (χ2v) is 7.40. The minimum Gasteiger partial charge on any atom is -0.477 e. The number of nitrogens with one attached hydrogen (secondary N) is 1. The van der Waals surface area contributed by atoms with Gasteiger partial charge in [-0.25, -0.2) is 4.98 Å². The summed E-state index contributed by atoms with van der Waals surface area (Å²) in [6.45, 7) is 5.46. The van der Waals surface area contributed by atoms with Crippen molar-refractivity contribution in [1.29, 1.82) is 0 Å². The fraction of sp³-hybridized carbons (Fsp3) is 0.667. The molecule has 6 nitrogen and oxygen atoms in total. The van der Waals surface area contributed by atoms with Gasteiger partial charge in [-0.2, -0.15) is 0 Å². The van der Waals surface area contributed by atoms with Crippen LogP contribution in [0.5, 0.6) is 5.88 Å². The molecule has 2 N–H and O–H groups in total. The number of hydrogen-bond donors (Lipinski definition) is 2. The third kappa shape index (κ3) is 4.24. The molecule has 2 aliphatic rings. The Kier molecular flexibility index (Phi) is 5.06. The van der Waals surface area contributed by atoms with E-state index in [1.54, 1.807) is 19.9 Å². The molecular formula is C18H26N2O4. The molecule has 0 aromatic carbocycles. The van der Waals surface area contributed by atoms with Gasteiger partial charge in [0.2, 0.25) is 5.88 Å². The summed E-state index contributed by atoms with van der Waals surface area (Å²) in [6.07, 6.45) is 3.35. The molecule has 1 atom stereocenters. The maximum atomic E-state index is 12.4. The highest BCUT2D eigenvalue weighted by molar-refractivity contribution is 5.93. The van der Waals surface area contributed by atoms with Crippen LogP contribution in [-0.2, 0) is 4.74 Å². The highest BCUT2D eigenvalue weighted by atomic mass is 16.5. The van der Waals surface area contributed by atoms with E-state index in [1.165, 1.54) is 12.8 Å². The number of aromatic nitrogens is 1. The van der Waals surface area contributed by atoms with Gasteiger partial charge in [0, 0.05) is 18.1 Å². The lowest BCUT2D eigenvalue weighted by atomic mass is 9.99. The van der Waals surface area contributed by atoms with Crippen molar-refractivity contribution in [3.8, 4) is 5.88 Å². The number of nitrogens with zero attached hydrogens (tertiary/aromatic N) is 1. The monoisotopic (exact) mass is 334 g/mol. The number of amides is 1. The van der Waals surface area contributed by atoms with Gasteiger partial charge < -0.3 is 19.9 Å². The van der Waals surface area contributed by atoms with E-state index in [0.29, 0.717) is 30.7 Å². The molecule has 2 heterocycles. The molecule has 1 aliphatic heterocycles. The van der Waals surface area contributed by atoms with Gasteiger partial charge in [-0.15, -0.1) is 0 Å². The van der Waals surface area contributed by atoms with Crippen molar-refractivity contribution in [1.82, 2.24) is 10.3 Å². The summed E-state index contributed by atoms with van der Waals surface area (Å²) in [6, 6.07) is 3.65. The van der Waals surface area contributed by atoms with Gasteiger partial charge in [-0.1, -0.05) is 6.07 Å². The number of aliphatic hydroxyl groups excluding tert-OH is 1. The Morgan fingerprint density at radius 1 is 1.42 bits per heavy atom. The van der Waals surface area contributed by atoms with Crippen LogP contribution >= 0.6 is 0 Å². The summed E-state index contributed by atoms with van der Waals surface area (Å²) in [5, 5.41) is 12.1. The first kappa shape index (κ1) is 17.2. The van der Waals surface area contributed by atoms with E-state index >= 15 is 0 Å². The first-order chi connectivity index (χ1) is 11.5. The highest BCUT2D eigenvalue weighted by Gasteiger charge is 2.27. The molecule has 1 saturated heterocycles. The van der Waals surface area contributed by atoms with E-state index in [4.69, 9.17) is 9.47 Å². The van der Waals surface area contributed by atoms with E-state index in [0.717, 1.165) is 18.6 Å². The highest BCUT2D eigenvalue weighted by Crippen LogP contribution is 2.34. The molecule has 0 spiro atoms. The lowest BCUT2D eigenvalue weighted by Crippen LogP contribution is -2.46. The molecule has 24 heavy (non-hydrogen) atoms. The predicted octanol–water partition coefficient (Wildman–Crippen LogP) is 1.88. The standard InChI is InChI=1S/C18H26N2O4/c1-18(2,11-21)20-16(22)15-6-5-14(13-7-8-23-10-13)17(19-15)24-9-12-3-4-12/h5-6,12-13,21H,3-4,7-11H2,1-2H3,(H,20,22). The van der Waals surface area contributed by atoms with Crippen molar-refractivity contribution in [2.24, 2.45) is 5.92 Å². The van der Waals surface area contributed by atoms with Crippen LogP contribution in [0.3, 0.4) is 0 Å². The van der Waals surface area contributed by atoms with E-state index < -0.39 is 5.54 Å². The molecule has 1 aliphatic carbocycles. The molecule has 0 bridgehead atoms. The summed E-state index contributed by atoms with van der Waals surface area (Å²) in [5.41, 5.74) is 0.641. The number of carbonyl (C=O) groups is 1. The van der Waals surface area contributed by atoms with Crippen molar-refractivity contribution in [3.05, 3.63) is 23.4 Å². The van der Waals surface area contributed by atoms with Crippen LogP contribution in [0.1, 0.15) is 55.1 Å². The molecule has 0 radical (unpaired) electrons. The topological polar surface area (TPSA) is 80.7 Å². The second kappa shape index (κ2) is 7.07. The first-order valence-corrected chi connectivity index (χ1v) is 8.63. The maximum absolute atomic E-state index is 12.4. The molecule has 3 rings (SSSR count). The van der Waals surface area contributed by atoms with E-state index in [9.17, 15) is 9.90 Å². The van der Waals surface area contributed by atoms with Gasteiger partial charge in [-0.3, -0.25) is 4.79 Å². The fourth-order valence-electron chi connectivity index (χ4n) is 2.68. The Bertz CT molecular complexity index is 593. The van der Waals surface area contributed by atoms with Crippen molar-refractivity contribution >= 4 is 5.91 Å². The maximum Gasteiger partial charge on any atom is 0.270 e. The molecule has 132 valence electrons. The smallest absolute Gasteiger partial charge is 0.270 e. The number of carbonyl (C=O) groups excluding carboxylic acids is 1. The number of pyridine rings is 1. The number of hydrogen-bond acceptors (Lipinski definition) is 5. The van der Waals surface area contributed by atoms with Crippen molar-refractivity contribution in [2.75, 3.05) is 26.4 Å². The Morgan fingerprint density at radius 2 is 2.21 bits per heavy atom. The fourth-order valence-corrected chi connectivity index (χ4v) is 2.68. The van der Waals surface area contributed by atoms with E-state index in [2.05, 4.69) is 10.3 Å². The summed E-state index contributed by atoms with van der Waals surface area (Å²) in [7, 11) is 0. The molecule has 1 saturated carbocycles. The molecule has 1 aromatic rings. The summed E-state index contributed by atoms with van der Waals surface area (Å²) >= 11 is 0. The minimum absolute atomic E-state index is 0.138. The normalized spacial score (nSPS) is 20.9. The quantitative estimate of drug-likeness (QED) is 0.796. The van der Waals surface area contributed by atoms with E-state index in [-0.39, 0.29) is 18.4 Å². The number of ether oxygens (including phenoxy) is 2. The lowest BCUT2D eigenvalue weighted by molar-refractivity contribution is 0.0863. The van der Waals surface area contributed by atoms with Crippen molar-refractivity contribution in [3.63, 3.8) is 0 Å². The van der Waals surface area contributed by atoms with Crippen LogP contribution in [0.4, 0.5) is 0 Å². The Morgan fingerprint density at radius 3 is 2.83 bits per heavy atom. The zero-order valence-electron chi connectivity index (χ0n) is 14.4. The largest absolute Gasteiger partial charge is 0.477 e. The van der Waals surface area contributed by atoms with Crippen LogP contribution in [0, 0.1) is 5.92 Å². The van der Waals surface area contributed by atoms with Gasteiger partial charge in [0.25, 0.3) is 5.91 Å². The Balaban J connectivity index is 1.79. The number of aliphatic hydroxyl groups is 1. The molecule has 1 amide bonds. The van der Waals surface area contributed by atoms with Crippen molar-refractivity contribution in [2.45, 2.75) is 44.6 Å². The van der Waals surface area contributed by atoms with Crippen LogP contribution in [0.25, 0.3) is 0 Å². The Labute approximate surface area is 142 Å². The van der Waals surface area contributed by atoms with Crippen LogP contribution in [-0.4, -0.2) is 48.0 Å². The summed E-state index contributed by atoms with van der Waals surface area (Å²) in [5.74, 6) is 1.13. The molecule has 2 fully saturated rings. The van der Waals surface area contributed by atoms with E-state index in [1.807, 2.05) is 6.07 Å². The minimum atomic E-state index is -0.689. The summed E-state index contributed by atoms with van der Waals surface area (Å²) < 4.78 is 11.4. The summed E-state index contributed by atoms with van der Waals surface area (Å²) in [4.78, 5) is 16.9. The van der Waals surface area contributed by atoms with Gasteiger partial charge in [0.15, 0.2) is 0 Å². The number of rotatable bonds is 7. The Hall–Kier alpha value is -1.66. The first-order valence-electron chi connectivity index (χ1n) is 8.63. The molecule has 6 heteroatoms. The zero-order chi connectivity index (χ0) is 17.2.